The molecule has 0 fully saturated rings. The maximum atomic E-state index is 9.60. The van der Waals surface area contributed by atoms with Gasteiger partial charge < -0.3 is 25.4 Å². The molecular weight excluding hydrogens is 254 g/mol. The zero-order valence-electron chi connectivity index (χ0n) is 11.8. The first-order valence-electron chi connectivity index (χ1n) is 6.54. The van der Waals surface area contributed by atoms with E-state index in [1.807, 2.05) is 60.1 Å². The summed E-state index contributed by atoms with van der Waals surface area (Å²) < 4.78 is 2.02. The number of benzene rings is 1. The number of likely N-dealkylation sites (N-methyl/N-ethyl adjacent to an activating group) is 1. The number of hydrogen-bond acceptors (Lipinski definition) is 4. The molecule has 1 unspecified atom stereocenters. The molecule has 0 aliphatic carbocycles. The van der Waals surface area contributed by atoms with Crippen molar-refractivity contribution in [2.75, 3.05) is 30.8 Å². The van der Waals surface area contributed by atoms with Gasteiger partial charge in [-0.3, -0.25) is 0 Å². The first kappa shape index (κ1) is 14.4. The number of anilines is 2. The summed E-state index contributed by atoms with van der Waals surface area (Å²) in [6, 6.07) is 9.69. The topological polar surface area (TPSA) is 74.7 Å². The smallest absolute Gasteiger partial charge is 0.0945 e. The lowest BCUT2D eigenvalue weighted by Gasteiger charge is -2.25. The molecule has 4 N–H and O–H groups in total. The van der Waals surface area contributed by atoms with Gasteiger partial charge >= 0.3 is 0 Å². The van der Waals surface area contributed by atoms with Gasteiger partial charge in [-0.2, -0.15) is 0 Å². The largest absolute Gasteiger partial charge is 0.399 e. The quantitative estimate of drug-likeness (QED) is 0.713. The van der Waals surface area contributed by atoms with E-state index in [1.165, 1.54) is 0 Å². The number of aromatic nitrogens is 1. The number of aliphatic hydroxyl groups is 2. The Hall–Kier alpha value is -1.98. The molecule has 2 aromatic rings. The van der Waals surface area contributed by atoms with Gasteiger partial charge in [-0.05, 0) is 30.3 Å². The lowest BCUT2D eigenvalue weighted by molar-refractivity contribution is 0.101. The summed E-state index contributed by atoms with van der Waals surface area (Å²) in [5, 5.41) is 18.6. The van der Waals surface area contributed by atoms with E-state index < -0.39 is 6.10 Å². The highest BCUT2D eigenvalue weighted by molar-refractivity contribution is 5.79. The van der Waals surface area contributed by atoms with Crippen LogP contribution in [0, 0.1) is 0 Å². The Bertz CT molecular complexity index is 580. The van der Waals surface area contributed by atoms with Crippen molar-refractivity contribution in [2.45, 2.75) is 6.10 Å². The Morgan fingerprint density at radius 3 is 2.70 bits per heavy atom. The number of nitrogens with two attached hydrogens (primary N) is 1. The molecule has 0 aliphatic rings. The predicted octanol–water partition coefficient (Wildman–Crippen LogP) is 1.06. The molecule has 0 saturated heterocycles. The van der Waals surface area contributed by atoms with Crippen LogP contribution in [0.2, 0.25) is 0 Å². The van der Waals surface area contributed by atoms with E-state index in [1.54, 1.807) is 0 Å². The fraction of sp³-hybridized carbons (Fsp3) is 0.333. The van der Waals surface area contributed by atoms with Gasteiger partial charge in [0, 0.05) is 49.5 Å². The third-order valence-electron chi connectivity index (χ3n) is 3.35. The Morgan fingerprint density at radius 1 is 1.35 bits per heavy atom. The van der Waals surface area contributed by atoms with Crippen LogP contribution in [0.4, 0.5) is 11.4 Å². The molecule has 108 valence electrons. The second-order valence-corrected chi connectivity index (χ2v) is 5.00. The van der Waals surface area contributed by atoms with Crippen LogP contribution in [0.5, 0.6) is 0 Å². The van der Waals surface area contributed by atoms with E-state index in [-0.39, 0.29) is 6.61 Å². The van der Waals surface area contributed by atoms with Crippen LogP contribution >= 0.6 is 0 Å². The lowest BCUT2D eigenvalue weighted by Crippen LogP contribution is -2.31. The Kier molecular flexibility index (Phi) is 4.32. The number of rotatable bonds is 5. The summed E-state index contributed by atoms with van der Waals surface area (Å²) in [4.78, 5) is 1.92. The summed E-state index contributed by atoms with van der Waals surface area (Å²) in [5.41, 5.74) is 9.61. The van der Waals surface area contributed by atoms with Crippen LogP contribution < -0.4 is 10.6 Å². The van der Waals surface area contributed by atoms with Crippen molar-refractivity contribution < 1.29 is 10.2 Å². The molecular formula is C15H21N3O2. The summed E-state index contributed by atoms with van der Waals surface area (Å²) in [7, 11) is 3.86. The summed E-state index contributed by atoms with van der Waals surface area (Å²) in [5.74, 6) is 0. The van der Waals surface area contributed by atoms with Gasteiger partial charge in [0.25, 0.3) is 0 Å². The SMILES string of the molecule is CN(CC(O)CO)c1ccc(N)cc1-c1cccn1C. The van der Waals surface area contributed by atoms with Crippen molar-refractivity contribution in [3.8, 4) is 11.3 Å². The number of aryl methyl sites for hydroxylation is 1. The lowest BCUT2D eigenvalue weighted by atomic mass is 10.1. The van der Waals surface area contributed by atoms with E-state index >= 15 is 0 Å². The zero-order chi connectivity index (χ0) is 14.7. The number of aliphatic hydroxyl groups excluding tert-OH is 2. The molecule has 2 rings (SSSR count). The van der Waals surface area contributed by atoms with Crippen LogP contribution in [0.3, 0.4) is 0 Å². The van der Waals surface area contributed by atoms with Crippen molar-refractivity contribution in [1.82, 2.24) is 4.57 Å². The van der Waals surface area contributed by atoms with Gasteiger partial charge in [-0.1, -0.05) is 0 Å². The summed E-state index contributed by atoms with van der Waals surface area (Å²) in [6.07, 6.45) is 1.21. The van der Waals surface area contributed by atoms with Gasteiger partial charge in [-0.15, -0.1) is 0 Å². The standard InChI is InChI=1S/C15H21N3O2/c1-17-7-3-4-14(17)13-8-11(16)5-6-15(13)18(2)9-12(20)10-19/h3-8,12,19-20H,9-10,16H2,1-2H3. The highest BCUT2D eigenvalue weighted by atomic mass is 16.3. The van der Waals surface area contributed by atoms with Crippen molar-refractivity contribution in [2.24, 2.45) is 7.05 Å². The van der Waals surface area contributed by atoms with E-state index in [4.69, 9.17) is 10.8 Å². The molecule has 0 amide bonds. The van der Waals surface area contributed by atoms with Gasteiger partial charge in [0.2, 0.25) is 0 Å². The fourth-order valence-electron chi connectivity index (χ4n) is 2.30. The normalized spacial score (nSPS) is 12.4. The minimum Gasteiger partial charge on any atom is -0.399 e. The van der Waals surface area contributed by atoms with Crippen molar-refractivity contribution in [3.63, 3.8) is 0 Å². The van der Waals surface area contributed by atoms with E-state index in [0.29, 0.717) is 12.2 Å². The molecule has 5 heteroatoms. The molecule has 1 heterocycles. The maximum absolute atomic E-state index is 9.60. The predicted molar refractivity (Wildman–Crippen MR) is 81.6 cm³/mol. The Labute approximate surface area is 118 Å². The summed E-state index contributed by atoms with van der Waals surface area (Å²) >= 11 is 0. The monoisotopic (exact) mass is 275 g/mol. The summed E-state index contributed by atoms with van der Waals surface area (Å²) in [6.45, 7) is 0.108. The van der Waals surface area contributed by atoms with Crippen LogP contribution in [0.1, 0.15) is 0 Å². The van der Waals surface area contributed by atoms with Crippen LogP contribution in [-0.2, 0) is 7.05 Å². The number of nitrogens with zero attached hydrogens (tertiary/aromatic N) is 2. The first-order chi connectivity index (χ1) is 9.52. The van der Waals surface area contributed by atoms with Gasteiger partial charge in [0.1, 0.15) is 0 Å². The van der Waals surface area contributed by atoms with Crippen LogP contribution in [0.25, 0.3) is 11.3 Å². The third-order valence-corrected chi connectivity index (χ3v) is 3.35. The van der Waals surface area contributed by atoms with E-state index in [9.17, 15) is 5.11 Å². The molecule has 0 aliphatic heterocycles. The minimum absolute atomic E-state index is 0.251. The Morgan fingerprint density at radius 2 is 2.10 bits per heavy atom. The second kappa shape index (κ2) is 5.98. The highest BCUT2D eigenvalue weighted by Crippen LogP contribution is 2.32. The van der Waals surface area contributed by atoms with Crippen LogP contribution in [-0.4, -0.2) is 41.1 Å². The average molecular weight is 275 g/mol. The molecule has 1 aromatic heterocycles. The van der Waals surface area contributed by atoms with Gasteiger partial charge in [0.15, 0.2) is 0 Å². The fourth-order valence-corrected chi connectivity index (χ4v) is 2.30. The third kappa shape index (κ3) is 2.95. The minimum atomic E-state index is -0.765. The molecule has 20 heavy (non-hydrogen) atoms. The zero-order valence-corrected chi connectivity index (χ0v) is 11.8. The molecule has 0 spiro atoms. The first-order valence-corrected chi connectivity index (χ1v) is 6.54. The molecule has 1 aromatic carbocycles. The number of nitrogen functional groups attached to an aromatic ring is 1. The average Bonchev–Trinajstić information content (AvgIpc) is 2.84. The van der Waals surface area contributed by atoms with Gasteiger partial charge in [0.05, 0.1) is 12.7 Å². The Balaban J connectivity index is 2.41. The maximum Gasteiger partial charge on any atom is 0.0945 e. The van der Waals surface area contributed by atoms with Crippen LogP contribution in [0.15, 0.2) is 36.5 Å². The van der Waals surface area contributed by atoms with E-state index in [0.717, 1.165) is 16.9 Å². The van der Waals surface area contributed by atoms with Gasteiger partial charge in [-0.25, -0.2) is 0 Å². The van der Waals surface area contributed by atoms with Crippen molar-refractivity contribution >= 4 is 11.4 Å². The second-order valence-electron chi connectivity index (χ2n) is 5.00. The van der Waals surface area contributed by atoms with E-state index in [2.05, 4.69) is 0 Å². The number of hydrogen-bond donors (Lipinski definition) is 3. The molecule has 1 atom stereocenters. The molecule has 5 nitrogen and oxygen atoms in total. The van der Waals surface area contributed by atoms with Crippen molar-refractivity contribution in [1.29, 1.82) is 0 Å². The highest BCUT2D eigenvalue weighted by Gasteiger charge is 2.14. The molecule has 0 bridgehead atoms. The molecule has 0 saturated carbocycles. The molecule has 0 radical (unpaired) electrons. The van der Waals surface area contributed by atoms with Crippen molar-refractivity contribution in [3.05, 3.63) is 36.5 Å².